The third-order valence-electron chi connectivity index (χ3n) is 3.71. The summed E-state index contributed by atoms with van der Waals surface area (Å²) < 4.78 is 5.14. The summed E-state index contributed by atoms with van der Waals surface area (Å²) in [6, 6.07) is 23.9. The van der Waals surface area contributed by atoms with Crippen molar-refractivity contribution in [1.82, 2.24) is 5.32 Å². The normalized spacial score (nSPS) is 9.92. The van der Waals surface area contributed by atoms with E-state index in [1.54, 1.807) is 0 Å². The smallest absolute Gasteiger partial charge is 0.407 e. The van der Waals surface area contributed by atoms with Crippen LogP contribution >= 0.6 is 0 Å². The van der Waals surface area contributed by atoms with Gasteiger partial charge in [0.15, 0.2) is 0 Å². The molecule has 0 aliphatic rings. The first-order chi connectivity index (χ1) is 12.3. The Morgan fingerprint density at radius 2 is 1.68 bits per heavy atom. The van der Waals surface area contributed by atoms with Gasteiger partial charge in [0, 0.05) is 18.5 Å². The molecule has 0 bridgehead atoms. The largest absolute Gasteiger partial charge is 0.445 e. The van der Waals surface area contributed by atoms with Crippen LogP contribution in [0.1, 0.15) is 17.5 Å². The third kappa shape index (κ3) is 5.12. The lowest BCUT2D eigenvalue weighted by Gasteiger charge is -2.05. The molecular weight excluding hydrogens is 310 g/mol. The highest BCUT2D eigenvalue weighted by atomic mass is 16.5. The number of hydrogen-bond acceptors (Lipinski definition) is 2. The molecule has 0 saturated carbocycles. The van der Waals surface area contributed by atoms with E-state index in [1.807, 2.05) is 48.5 Å². The lowest BCUT2D eigenvalue weighted by atomic mass is 10.1. The standard InChI is InChI=1S/C22H19NO2/c24-22(25-17-19-9-2-1-3-10-19)23-15-7-6-8-18-13-14-20-11-4-5-12-21(20)16-18/h1-5,9-14,16H,7,15,17H2,(H,23,24). The van der Waals surface area contributed by atoms with Gasteiger partial charge in [-0.25, -0.2) is 4.79 Å². The van der Waals surface area contributed by atoms with Crippen LogP contribution in [0.5, 0.6) is 0 Å². The molecule has 3 rings (SSSR count). The number of hydrogen-bond donors (Lipinski definition) is 1. The molecule has 0 spiro atoms. The second-order valence-electron chi connectivity index (χ2n) is 5.60. The number of alkyl carbamates (subject to hydrolysis) is 1. The molecule has 0 fully saturated rings. The van der Waals surface area contributed by atoms with E-state index < -0.39 is 6.09 Å². The fourth-order valence-electron chi connectivity index (χ4n) is 2.43. The molecule has 0 aliphatic carbocycles. The minimum atomic E-state index is -0.420. The van der Waals surface area contributed by atoms with Crippen molar-refractivity contribution in [2.45, 2.75) is 13.0 Å². The predicted molar refractivity (Wildman–Crippen MR) is 100 cm³/mol. The van der Waals surface area contributed by atoms with Gasteiger partial charge in [0.2, 0.25) is 0 Å². The van der Waals surface area contributed by atoms with Gasteiger partial charge < -0.3 is 10.1 Å². The number of benzene rings is 3. The minimum Gasteiger partial charge on any atom is -0.445 e. The Labute approximate surface area is 147 Å². The summed E-state index contributed by atoms with van der Waals surface area (Å²) in [7, 11) is 0. The van der Waals surface area contributed by atoms with Crippen molar-refractivity contribution in [2.75, 3.05) is 6.54 Å². The van der Waals surface area contributed by atoms with E-state index in [1.165, 1.54) is 10.8 Å². The van der Waals surface area contributed by atoms with Crippen LogP contribution in [0.2, 0.25) is 0 Å². The zero-order chi connectivity index (χ0) is 17.3. The molecule has 0 aromatic heterocycles. The van der Waals surface area contributed by atoms with Crippen molar-refractivity contribution in [3.05, 3.63) is 83.9 Å². The first kappa shape index (κ1) is 16.6. The van der Waals surface area contributed by atoms with E-state index in [2.05, 4.69) is 41.4 Å². The van der Waals surface area contributed by atoms with Gasteiger partial charge in [-0.15, -0.1) is 0 Å². The van der Waals surface area contributed by atoms with Crippen molar-refractivity contribution in [3.63, 3.8) is 0 Å². The summed E-state index contributed by atoms with van der Waals surface area (Å²) in [5.41, 5.74) is 1.94. The molecule has 124 valence electrons. The van der Waals surface area contributed by atoms with Crippen molar-refractivity contribution in [1.29, 1.82) is 0 Å². The van der Waals surface area contributed by atoms with Crippen LogP contribution in [0.25, 0.3) is 10.8 Å². The molecule has 3 heteroatoms. The van der Waals surface area contributed by atoms with Crippen LogP contribution in [-0.4, -0.2) is 12.6 Å². The minimum absolute atomic E-state index is 0.273. The molecule has 0 unspecified atom stereocenters. The van der Waals surface area contributed by atoms with E-state index in [4.69, 9.17) is 4.74 Å². The average Bonchev–Trinajstić information content (AvgIpc) is 2.67. The molecular formula is C22H19NO2. The molecule has 25 heavy (non-hydrogen) atoms. The SMILES string of the molecule is O=C(NCCC#Cc1ccc2ccccc2c1)OCc1ccccc1. The van der Waals surface area contributed by atoms with Crippen LogP contribution in [0.15, 0.2) is 72.8 Å². The van der Waals surface area contributed by atoms with Gasteiger partial charge in [-0.3, -0.25) is 0 Å². The molecule has 0 aliphatic heterocycles. The molecule has 0 atom stereocenters. The number of rotatable bonds is 4. The topological polar surface area (TPSA) is 38.3 Å². The Kier molecular flexibility index (Phi) is 5.68. The number of carbonyl (C=O) groups is 1. The lowest BCUT2D eigenvalue weighted by molar-refractivity contribution is 0.140. The van der Waals surface area contributed by atoms with Crippen LogP contribution in [-0.2, 0) is 11.3 Å². The molecule has 3 nitrogen and oxygen atoms in total. The summed E-state index contributed by atoms with van der Waals surface area (Å²) in [6.07, 6.45) is 0.157. The molecule has 1 N–H and O–H groups in total. The Bertz CT molecular complexity index is 907. The summed E-state index contributed by atoms with van der Waals surface area (Å²) >= 11 is 0. The highest BCUT2D eigenvalue weighted by Crippen LogP contribution is 2.14. The van der Waals surface area contributed by atoms with E-state index in [9.17, 15) is 4.79 Å². The monoisotopic (exact) mass is 329 g/mol. The zero-order valence-electron chi connectivity index (χ0n) is 13.9. The van der Waals surface area contributed by atoms with Gasteiger partial charge in [0.05, 0.1) is 0 Å². The second kappa shape index (κ2) is 8.56. The van der Waals surface area contributed by atoms with Crippen molar-refractivity contribution < 1.29 is 9.53 Å². The zero-order valence-corrected chi connectivity index (χ0v) is 13.9. The lowest BCUT2D eigenvalue weighted by Crippen LogP contribution is -2.24. The Balaban J connectivity index is 1.42. The van der Waals surface area contributed by atoms with Crippen molar-refractivity contribution in [3.8, 4) is 11.8 Å². The maximum absolute atomic E-state index is 11.6. The highest BCUT2D eigenvalue weighted by Gasteiger charge is 2.00. The molecule has 3 aromatic carbocycles. The first-order valence-electron chi connectivity index (χ1n) is 8.23. The first-order valence-corrected chi connectivity index (χ1v) is 8.23. The van der Waals surface area contributed by atoms with Crippen LogP contribution < -0.4 is 5.32 Å². The van der Waals surface area contributed by atoms with E-state index in [-0.39, 0.29) is 6.61 Å². The van der Waals surface area contributed by atoms with E-state index in [0.29, 0.717) is 13.0 Å². The highest BCUT2D eigenvalue weighted by molar-refractivity contribution is 5.83. The molecule has 3 aromatic rings. The number of fused-ring (bicyclic) bond motifs is 1. The van der Waals surface area contributed by atoms with Gasteiger partial charge in [0.25, 0.3) is 0 Å². The van der Waals surface area contributed by atoms with Gasteiger partial charge in [-0.05, 0) is 28.5 Å². The summed E-state index contributed by atoms with van der Waals surface area (Å²) in [5, 5.41) is 5.09. The fourth-order valence-corrected chi connectivity index (χ4v) is 2.43. The van der Waals surface area contributed by atoms with Gasteiger partial charge in [-0.2, -0.15) is 0 Å². The summed E-state index contributed by atoms with van der Waals surface area (Å²) in [4.78, 5) is 11.6. The number of ether oxygens (including phenoxy) is 1. The quantitative estimate of drug-likeness (QED) is 0.565. The van der Waals surface area contributed by atoms with Crippen LogP contribution in [0, 0.1) is 11.8 Å². The Morgan fingerprint density at radius 3 is 2.52 bits per heavy atom. The van der Waals surface area contributed by atoms with Gasteiger partial charge in [-0.1, -0.05) is 72.5 Å². The molecule has 0 heterocycles. The van der Waals surface area contributed by atoms with E-state index >= 15 is 0 Å². The Morgan fingerprint density at radius 1 is 0.920 bits per heavy atom. The average molecular weight is 329 g/mol. The maximum Gasteiger partial charge on any atom is 0.407 e. The van der Waals surface area contributed by atoms with Crippen molar-refractivity contribution in [2.24, 2.45) is 0 Å². The summed E-state index contributed by atoms with van der Waals surface area (Å²) in [6.45, 7) is 0.740. The number of carbonyl (C=O) groups excluding carboxylic acids is 1. The van der Waals surface area contributed by atoms with Crippen LogP contribution in [0.4, 0.5) is 4.79 Å². The van der Waals surface area contributed by atoms with Gasteiger partial charge >= 0.3 is 6.09 Å². The fraction of sp³-hybridized carbons (Fsp3) is 0.136. The van der Waals surface area contributed by atoms with Crippen LogP contribution in [0.3, 0.4) is 0 Å². The number of nitrogens with one attached hydrogen (secondary N) is 1. The van der Waals surface area contributed by atoms with E-state index in [0.717, 1.165) is 11.1 Å². The third-order valence-corrected chi connectivity index (χ3v) is 3.71. The predicted octanol–water partition coefficient (Wildman–Crippen LogP) is 4.51. The maximum atomic E-state index is 11.6. The second-order valence-corrected chi connectivity index (χ2v) is 5.60. The molecule has 0 saturated heterocycles. The summed E-state index contributed by atoms with van der Waals surface area (Å²) in [5.74, 6) is 6.20. The molecule has 0 radical (unpaired) electrons. The van der Waals surface area contributed by atoms with Crippen molar-refractivity contribution >= 4 is 16.9 Å². The van der Waals surface area contributed by atoms with Gasteiger partial charge in [0.1, 0.15) is 6.61 Å². The molecule has 1 amide bonds. The number of amides is 1. The Hall–Kier alpha value is -3.25.